The first-order valence-electron chi connectivity index (χ1n) is 7.44. The summed E-state index contributed by atoms with van der Waals surface area (Å²) in [5, 5.41) is 12.4. The first-order valence-corrected chi connectivity index (χ1v) is 9.05. The molecule has 0 aromatic heterocycles. The van der Waals surface area contributed by atoms with Crippen LogP contribution in [0.5, 0.6) is 0 Å². The molecule has 5 nitrogen and oxygen atoms in total. The van der Waals surface area contributed by atoms with E-state index in [1.807, 2.05) is 0 Å². The van der Waals surface area contributed by atoms with E-state index >= 15 is 0 Å². The van der Waals surface area contributed by atoms with Crippen molar-refractivity contribution < 1.29 is 13.5 Å². The molecule has 2 N–H and O–H groups in total. The minimum Gasteiger partial charge on any atom is -0.396 e. The molecule has 19 heavy (non-hydrogen) atoms. The number of hydrogen-bond acceptors (Lipinski definition) is 4. The standard InChI is InChI=1S/C13H26N2O3S/c16-10-6-13-3-1-2-9-15(13)19(17,18)11-12-4-7-14-8-5-12/h12-14,16H,1-11H2. The largest absolute Gasteiger partial charge is 0.396 e. The van der Waals surface area contributed by atoms with Crippen LogP contribution in [0.25, 0.3) is 0 Å². The lowest BCUT2D eigenvalue weighted by Crippen LogP contribution is -2.46. The Bertz CT molecular complexity index is 364. The van der Waals surface area contributed by atoms with Crippen LogP contribution in [-0.2, 0) is 10.0 Å². The van der Waals surface area contributed by atoms with Crippen LogP contribution in [0, 0.1) is 5.92 Å². The lowest BCUT2D eigenvalue weighted by molar-refractivity contribution is 0.191. The average molecular weight is 290 g/mol. The Kier molecular flexibility index (Phi) is 5.62. The van der Waals surface area contributed by atoms with E-state index in [4.69, 9.17) is 5.11 Å². The van der Waals surface area contributed by atoms with Gasteiger partial charge in [0.15, 0.2) is 0 Å². The average Bonchev–Trinajstić information content (AvgIpc) is 2.40. The highest BCUT2D eigenvalue weighted by atomic mass is 32.2. The zero-order valence-electron chi connectivity index (χ0n) is 11.6. The molecule has 2 aliphatic rings. The smallest absolute Gasteiger partial charge is 0.214 e. The predicted molar refractivity (Wildman–Crippen MR) is 75.4 cm³/mol. The molecule has 0 amide bonds. The van der Waals surface area contributed by atoms with E-state index in [0.717, 1.165) is 45.2 Å². The van der Waals surface area contributed by atoms with Crippen LogP contribution < -0.4 is 5.32 Å². The number of aliphatic hydroxyl groups is 1. The Morgan fingerprint density at radius 1 is 1.16 bits per heavy atom. The number of nitrogens with zero attached hydrogens (tertiary/aromatic N) is 1. The van der Waals surface area contributed by atoms with Gasteiger partial charge < -0.3 is 10.4 Å². The number of piperidine rings is 2. The van der Waals surface area contributed by atoms with Crippen molar-refractivity contribution in [3.63, 3.8) is 0 Å². The van der Waals surface area contributed by atoms with Crippen molar-refractivity contribution in [3.05, 3.63) is 0 Å². The zero-order valence-corrected chi connectivity index (χ0v) is 12.4. The van der Waals surface area contributed by atoms with Gasteiger partial charge >= 0.3 is 0 Å². The number of nitrogens with one attached hydrogen (secondary N) is 1. The Morgan fingerprint density at radius 2 is 1.89 bits per heavy atom. The van der Waals surface area contributed by atoms with Crippen LogP contribution in [0.3, 0.4) is 0 Å². The quantitative estimate of drug-likeness (QED) is 0.776. The molecule has 2 saturated heterocycles. The van der Waals surface area contributed by atoms with E-state index in [1.165, 1.54) is 0 Å². The molecule has 1 unspecified atom stereocenters. The van der Waals surface area contributed by atoms with Crippen molar-refractivity contribution in [2.45, 2.75) is 44.6 Å². The first-order chi connectivity index (χ1) is 9.13. The molecule has 2 rings (SSSR count). The molecule has 1 atom stereocenters. The maximum atomic E-state index is 12.6. The van der Waals surface area contributed by atoms with Gasteiger partial charge in [-0.2, -0.15) is 4.31 Å². The fourth-order valence-corrected chi connectivity index (χ4v) is 5.41. The number of rotatable bonds is 5. The molecule has 0 aromatic rings. The second-order valence-electron chi connectivity index (χ2n) is 5.74. The number of aliphatic hydroxyl groups excluding tert-OH is 1. The van der Waals surface area contributed by atoms with Crippen LogP contribution >= 0.6 is 0 Å². The van der Waals surface area contributed by atoms with E-state index < -0.39 is 10.0 Å². The van der Waals surface area contributed by atoms with Crippen LogP contribution in [0.1, 0.15) is 38.5 Å². The minimum absolute atomic E-state index is 0.0189. The van der Waals surface area contributed by atoms with Crippen molar-refractivity contribution in [2.75, 3.05) is 32.0 Å². The Hall–Kier alpha value is -0.170. The molecule has 2 aliphatic heterocycles. The molecule has 0 bridgehead atoms. The molecule has 0 aliphatic carbocycles. The van der Waals surface area contributed by atoms with E-state index in [-0.39, 0.29) is 18.4 Å². The Balaban J connectivity index is 1.99. The lowest BCUT2D eigenvalue weighted by Gasteiger charge is -2.36. The van der Waals surface area contributed by atoms with Crippen molar-refractivity contribution in [1.82, 2.24) is 9.62 Å². The van der Waals surface area contributed by atoms with Crippen molar-refractivity contribution in [3.8, 4) is 0 Å². The van der Waals surface area contributed by atoms with E-state index in [9.17, 15) is 8.42 Å². The summed E-state index contributed by atoms with van der Waals surface area (Å²) in [6.45, 7) is 2.57. The van der Waals surface area contributed by atoms with Gasteiger partial charge in [-0.3, -0.25) is 0 Å². The molecule has 2 fully saturated rings. The van der Waals surface area contributed by atoms with Gasteiger partial charge in [0, 0.05) is 19.2 Å². The van der Waals surface area contributed by atoms with E-state index in [2.05, 4.69) is 5.32 Å². The van der Waals surface area contributed by atoms with Crippen LogP contribution in [0.2, 0.25) is 0 Å². The predicted octanol–water partition coefficient (Wildman–Crippen LogP) is 0.553. The van der Waals surface area contributed by atoms with Gasteiger partial charge in [0.25, 0.3) is 0 Å². The summed E-state index contributed by atoms with van der Waals surface area (Å²) in [7, 11) is -3.16. The summed E-state index contributed by atoms with van der Waals surface area (Å²) in [6.07, 6.45) is 5.41. The fraction of sp³-hybridized carbons (Fsp3) is 1.00. The molecule has 6 heteroatoms. The van der Waals surface area contributed by atoms with Gasteiger partial charge in [0.2, 0.25) is 10.0 Å². The lowest BCUT2D eigenvalue weighted by atomic mass is 10.0. The maximum absolute atomic E-state index is 12.6. The molecular weight excluding hydrogens is 264 g/mol. The zero-order chi connectivity index (χ0) is 13.7. The SMILES string of the molecule is O=S(=O)(CC1CCNCC1)N1CCCCC1CCO. The molecule has 0 spiro atoms. The molecule has 112 valence electrons. The highest BCUT2D eigenvalue weighted by molar-refractivity contribution is 7.89. The van der Waals surface area contributed by atoms with Crippen LogP contribution in [-0.4, -0.2) is 55.9 Å². The highest BCUT2D eigenvalue weighted by Crippen LogP contribution is 2.25. The summed E-state index contributed by atoms with van der Waals surface area (Å²) < 4.78 is 26.8. The van der Waals surface area contributed by atoms with E-state index in [0.29, 0.717) is 18.9 Å². The van der Waals surface area contributed by atoms with Gasteiger partial charge in [-0.15, -0.1) is 0 Å². The molecule has 0 aromatic carbocycles. The maximum Gasteiger partial charge on any atom is 0.214 e. The van der Waals surface area contributed by atoms with Gasteiger partial charge in [-0.1, -0.05) is 6.42 Å². The highest BCUT2D eigenvalue weighted by Gasteiger charge is 2.33. The van der Waals surface area contributed by atoms with Crippen molar-refractivity contribution >= 4 is 10.0 Å². The molecular formula is C13H26N2O3S. The number of sulfonamides is 1. The third-order valence-corrected chi connectivity index (χ3v) is 6.39. The summed E-state index contributed by atoms with van der Waals surface area (Å²) in [5.41, 5.74) is 0. The first kappa shape index (κ1) is 15.2. The summed E-state index contributed by atoms with van der Waals surface area (Å²) in [4.78, 5) is 0. The van der Waals surface area contributed by atoms with E-state index in [1.54, 1.807) is 4.31 Å². The summed E-state index contributed by atoms with van der Waals surface area (Å²) >= 11 is 0. The Morgan fingerprint density at radius 3 is 2.58 bits per heavy atom. The normalized spacial score (nSPS) is 27.5. The van der Waals surface area contributed by atoms with Crippen molar-refractivity contribution in [2.24, 2.45) is 5.92 Å². The van der Waals surface area contributed by atoms with Gasteiger partial charge in [-0.05, 0) is 51.1 Å². The third-order valence-electron chi connectivity index (χ3n) is 4.30. The molecule has 2 heterocycles. The van der Waals surface area contributed by atoms with Crippen LogP contribution in [0.4, 0.5) is 0 Å². The molecule has 0 radical (unpaired) electrons. The summed E-state index contributed by atoms with van der Waals surface area (Å²) in [6, 6.07) is 0.0189. The minimum atomic E-state index is -3.16. The van der Waals surface area contributed by atoms with Crippen molar-refractivity contribution in [1.29, 1.82) is 0 Å². The van der Waals surface area contributed by atoms with Gasteiger partial charge in [-0.25, -0.2) is 8.42 Å². The van der Waals surface area contributed by atoms with Gasteiger partial charge in [0.05, 0.1) is 5.75 Å². The van der Waals surface area contributed by atoms with Gasteiger partial charge in [0.1, 0.15) is 0 Å². The third kappa shape index (κ3) is 4.15. The topological polar surface area (TPSA) is 69.6 Å². The number of hydrogen-bond donors (Lipinski definition) is 2. The molecule has 0 saturated carbocycles. The fourth-order valence-electron chi connectivity index (χ4n) is 3.22. The summed E-state index contributed by atoms with van der Waals surface area (Å²) in [5.74, 6) is 0.583. The Labute approximate surface area is 116 Å². The second kappa shape index (κ2) is 7.02. The second-order valence-corrected chi connectivity index (χ2v) is 7.71. The van der Waals surface area contributed by atoms with Crippen LogP contribution in [0.15, 0.2) is 0 Å². The monoisotopic (exact) mass is 290 g/mol.